The van der Waals surface area contributed by atoms with E-state index in [0.717, 1.165) is 16.5 Å². The van der Waals surface area contributed by atoms with Crippen molar-refractivity contribution in [1.82, 2.24) is 14.6 Å². The Hall–Kier alpha value is -3.61. The van der Waals surface area contributed by atoms with Crippen molar-refractivity contribution in [3.05, 3.63) is 64.2 Å². The summed E-state index contributed by atoms with van der Waals surface area (Å²) in [4.78, 5) is 20.7. The fourth-order valence-corrected chi connectivity index (χ4v) is 3.16. The van der Waals surface area contributed by atoms with E-state index in [1.54, 1.807) is 20.2 Å². The van der Waals surface area contributed by atoms with Gasteiger partial charge in [-0.25, -0.2) is 4.98 Å². The molecule has 0 aliphatic heterocycles. The van der Waals surface area contributed by atoms with Gasteiger partial charge in [0.15, 0.2) is 11.5 Å². The van der Waals surface area contributed by atoms with Gasteiger partial charge in [-0.1, -0.05) is 18.2 Å². The van der Waals surface area contributed by atoms with Crippen molar-refractivity contribution in [2.75, 3.05) is 13.7 Å². The summed E-state index contributed by atoms with van der Waals surface area (Å²) in [7, 11) is 1.58. The molecule has 0 unspecified atom stereocenters. The number of methoxy groups -OCH3 is 1. The van der Waals surface area contributed by atoms with E-state index in [4.69, 9.17) is 9.47 Å². The number of para-hydroxylation sites is 1. The van der Waals surface area contributed by atoms with E-state index in [0.29, 0.717) is 35.0 Å². The first kappa shape index (κ1) is 17.8. The summed E-state index contributed by atoms with van der Waals surface area (Å²) >= 11 is 0. The number of nitrogens with zero attached hydrogens (tertiary/aromatic N) is 3. The molecular formula is C21H20N4O3. The van der Waals surface area contributed by atoms with Gasteiger partial charge in [-0.05, 0) is 43.7 Å². The summed E-state index contributed by atoms with van der Waals surface area (Å²) in [6.45, 7) is 4.23. The molecule has 1 N–H and O–H groups in total. The summed E-state index contributed by atoms with van der Waals surface area (Å²) in [5, 5.41) is 5.27. The zero-order chi connectivity index (χ0) is 19.7. The minimum atomic E-state index is -0.243. The van der Waals surface area contributed by atoms with Crippen molar-refractivity contribution in [1.29, 1.82) is 0 Å². The van der Waals surface area contributed by atoms with Crippen LogP contribution in [0.15, 0.2) is 52.4 Å². The lowest BCUT2D eigenvalue weighted by Gasteiger charge is -2.09. The summed E-state index contributed by atoms with van der Waals surface area (Å²) in [5.41, 5.74) is 2.51. The number of benzene rings is 2. The molecule has 4 rings (SSSR count). The molecule has 2 aromatic heterocycles. The maximum absolute atomic E-state index is 12.9. The van der Waals surface area contributed by atoms with Gasteiger partial charge in [-0.15, -0.1) is 0 Å². The second-order valence-electron chi connectivity index (χ2n) is 6.26. The van der Waals surface area contributed by atoms with Gasteiger partial charge in [0.2, 0.25) is 0 Å². The van der Waals surface area contributed by atoms with E-state index in [1.807, 2.05) is 49.4 Å². The van der Waals surface area contributed by atoms with E-state index in [1.165, 1.54) is 4.68 Å². The second-order valence-corrected chi connectivity index (χ2v) is 6.26. The Morgan fingerprint density at radius 1 is 1.21 bits per heavy atom. The average molecular weight is 376 g/mol. The SMILES string of the molecule is CCOc1ccc(/C=N\n2c(C)nc3c([nH]c4ccccc43)c2=O)cc1OC. The van der Waals surface area contributed by atoms with E-state index in [-0.39, 0.29) is 5.56 Å². The Bertz CT molecular complexity index is 1250. The number of rotatable bonds is 5. The molecular weight excluding hydrogens is 356 g/mol. The quantitative estimate of drug-likeness (QED) is 0.541. The predicted octanol–water partition coefficient (Wildman–Crippen LogP) is 3.48. The van der Waals surface area contributed by atoms with Crippen molar-refractivity contribution in [2.24, 2.45) is 5.10 Å². The molecule has 142 valence electrons. The lowest BCUT2D eigenvalue weighted by atomic mass is 10.2. The molecule has 0 aliphatic rings. The van der Waals surface area contributed by atoms with Crippen molar-refractivity contribution in [3.63, 3.8) is 0 Å². The van der Waals surface area contributed by atoms with Crippen LogP contribution in [0.25, 0.3) is 21.9 Å². The largest absolute Gasteiger partial charge is 0.493 e. The molecule has 0 radical (unpaired) electrons. The van der Waals surface area contributed by atoms with E-state index < -0.39 is 0 Å². The molecule has 28 heavy (non-hydrogen) atoms. The number of nitrogens with one attached hydrogen (secondary N) is 1. The third-order valence-corrected chi connectivity index (χ3v) is 4.47. The summed E-state index contributed by atoms with van der Waals surface area (Å²) < 4.78 is 12.2. The highest BCUT2D eigenvalue weighted by atomic mass is 16.5. The number of aromatic amines is 1. The number of aryl methyl sites for hydroxylation is 1. The molecule has 2 aromatic carbocycles. The van der Waals surface area contributed by atoms with Gasteiger partial charge < -0.3 is 14.5 Å². The monoisotopic (exact) mass is 376 g/mol. The smallest absolute Gasteiger partial charge is 0.298 e. The lowest BCUT2D eigenvalue weighted by Crippen LogP contribution is -2.20. The van der Waals surface area contributed by atoms with E-state index in [9.17, 15) is 4.79 Å². The molecule has 7 heteroatoms. The zero-order valence-electron chi connectivity index (χ0n) is 15.9. The first-order valence-corrected chi connectivity index (χ1v) is 8.97. The Kier molecular flexibility index (Phi) is 4.57. The third-order valence-electron chi connectivity index (χ3n) is 4.47. The molecule has 0 atom stereocenters. The first-order valence-electron chi connectivity index (χ1n) is 8.97. The Morgan fingerprint density at radius 3 is 2.82 bits per heavy atom. The minimum Gasteiger partial charge on any atom is -0.493 e. The maximum Gasteiger partial charge on any atom is 0.298 e. The second kappa shape index (κ2) is 7.19. The fourth-order valence-electron chi connectivity index (χ4n) is 3.16. The number of ether oxygens (including phenoxy) is 2. The standard InChI is InChI=1S/C21H20N4O3/c1-4-28-17-10-9-14(11-18(17)27-3)12-22-25-13(2)23-19-15-7-5-6-8-16(15)24-20(19)21(25)26/h5-12,24H,4H2,1-3H3/b22-12-. The van der Waals surface area contributed by atoms with Crippen molar-refractivity contribution in [2.45, 2.75) is 13.8 Å². The van der Waals surface area contributed by atoms with Crippen LogP contribution in [0.2, 0.25) is 0 Å². The van der Waals surface area contributed by atoms with E-state index >= 15 is 0 Å². The highest BCUT2D eigenvalue weighted by molar-refractivity contribution is 6.04. The molecule has 7 nitrogen and oxygen atoms in total. The zero-order valence-corrected chi connectivity index (χ0v) is 15.9. The summed E-state index contributed by atoms with van der Waals surface area (Å²) in [5.74, 6) is 1.78. The Morgan fingerprint density at radius 2 is 2.04 bits per heavy atom. The van der Waals surface area contributed by atoms with Gasteiger partial charge in [0.25, 0.3) is 5.56 Å². The van der Waals surface area contributed by atoms with Gasteiger partial charge in [0, 0.05) is 10.9 Å². The van der Waals surface area contributed by atoms with Crippen LogP contribution in [-0.4, -0.2) is 34.6 Å². The van der Waals surface area contributed by atoms with Crippen LogP contribution < -0.4 is 15.0 Å². The maximum atomic E-state index is 12.9. The van der Waals surface area contributed by atoms with Crippen LogP contribution in [0, 0.1) is 6.92 Å². The molecule has 0 spiro atoms. The molecule has 0 saturated heterocycles. The van der Waals surface area contributed by atoms with Crippen LogP contribution in [0.5, 0.6) is 11.5 Å². The Balaban J connectivity index is 1.77. The topological polar surface area (TPSA) is 81.5 Å². The van der Waals surface area contributed by atoms with Crippen LogP contribution >= 0.6 is 0 Å². The molecule has 0 fully saturated rings. The van der Waals surface area contributed by atoms with Crippen LogP contribution in [-0.2, 0) is 0 Å². The number of hydrogen-bond donors (Lipinski definition) is 1. The van der Waals surface area contributed by atoms with Crippen molar-refractivity contribution < 1.29 is 9.47 Å². The number of fused-ring (bicyclic) bond motifs is 3. The van der Waals surface area contributed by atoms with Gasteiger partial charge >= 0.3 is 0 Å². The highest BCUT2D eigenvalue weighted by Crippen LogP contribution is 2.27. The molecule has 0 saturated carbocycles. The number of aromatic nitrogens is 3. The summed E-state index contributed by atoms with van der Waals surface area (Å²) in [6, 6.07) is 13.2. The molecule has 0 bridgehead atoms. The van der Waals surface area contributed by atoms with Gasteiger partial charge in [-0.2, -0.15) is 9.78 Å². The Labute approximate surface area is 161 Å². The first-order chi connectivity index (χ1) is 13.6. The highest BCUT2D eigenvalue weighted by Gasteiger charge is 2.13. The minimum absolute atomic E-state index is 0.243. The predicted molar refractivity (Wildman–Crippen MR) is 110 cm³/mol. The molecule has 0 amide bonds. The van der Waals surface area contributed by atoms with Gasteiger partial charge in [-0.3, -0.25) is 4.79 Å². The van der Waals surface area contributed by atoms with Crippen molar-refractivity contribution in [3.8, 4) is 11.5 Å². The van der Waals surface area contributed by atoms with E-state index in [2.05, 4.69) is 15.1 Å². The number of hydrogen-bond acceptors (Lipinski definition) is 5. The van der Waals surface area contributed by atoms with Gasteiger partial charge in [0.05, 0.1) is 19.9 Å². The average Bonchev–Trinajstić information content (AvgIpc) is 3.08. The molecule has 2 heterocycles. The van der Waals surface area contributed by atoms with Gasteiger partial charge in [0.1, 0.15) is 16.9 Å². The molecule has 4 aromatic rings. The van der Waals surface area contributed by atoms with Crippen LogP contribution in [0.1, 0.15) is 18.3 Å². The van der Waals surface area contributed by atoms with Crippen molar-refractivity contribution >= 4 is 28.2 Å². The fraction of sp³-hybridized carbons (Fsp3) is 0.190. The summed E-state index contributed by atoms with van der Waals surface area (Å²) in [6.07, 6.45) is 1.60. The number of H-pyrrole nitrogens is 1. The molecule has 0 aliphatic carbocycles. The third kappa shape index (κ3) is 3.00. The lowest BCUT2D eigenvalue weighted by molar-refractivity contribution is 0.311. The normalized spacial score (nSPS) is 11.5. The van der Waals surface area contributed by atoms with Crippen LogP contribution in [0.3, 0.4) is 0 Å². The van der Waals surface area contributed by atoms with Crippen LogP contribution in [0.4, 0.5) is 0 Å².